The van der Waals surface area contributed by atoms with Crippen molar-refractivity contribution in [1.29, 1.82) is 0 Å². The molecule has 4 heteroatoms. The predicted molar refractivity (Wildman–Crippen MR) is 102 cm³/mol. The van der Waals surface area contributed by atoms with E-state index in [0.717, 1.165) is 0 Å². The van der Waals surface area contributed by atoms with E-state index in [1.54, 1.807) is 6.08 Å². The van der Waals surface area contributed by atoms with E-state index in [1.807, 2.05) is 31.2 Å². The second kappa shape index (κ2) is 8.45. The van der Waals surface area contributed by atoms with Gasteiger partial charge in [0, 0.05) is 18.4 Å². The van der Waals surface area contributed by atoms with Gasteiger partial charge in [0.2, 0.25) is 5.91 Å². The lowest BCUT2D eigenvalue weighted by atomic mass is 9.66. The lowest BCUT2D eigenvalue weighted by Gasteiger charge is -2.40. The van der Waals surface area contributed by atoms with Crippen molar-refractivity contribution in [2.24, 2.45) is 29.6 Å². The Labute approximate surface area is 155 Å². The van der Waals surface area contributed by atoms with Crippen LogP contribution in [0.1, 0.15) is 19.8 Å². The van der Waals surface area contributed by atoms with Crippen molar-refractivity contribution in [2.75, 3.05) is 6.54 Å². The number of fused-ring (bicyclic) bond motifs is 3. The maximum absolute atomic E-state index is 12.2. The summed E-state index contributed by atoms with van der Waals surface area (Å²) < 4.78 is 0. The van der Waals surface area contributed by atoms with Crippen LogP contribution in [-0.2, 0) is 9.59 Å². The van der Waals surface area contributed by atoms with Gasteiger partial charge in [-0.25, -0.2) is 0 Å². The SMILES string of the molecule is C[C@H]1/C=C\C=C/[C@@H]2C=C[C@H]3[C@H](C=CC[C@@H]3O)[C@H]2/C=C\C(=O)CC(=O)NC1. The maximum Gasteiger partial charge on any atom is 0.227 e. The minimum absolute atomic E-state index is 0.0761. The molecule has 138 valence electrons. The van der Waals surface area contributed by atoms with Crippen LogP contribution in [0.3, 0.4) is 0 Å². The smallest absolute Gasteiger partial charge is 0.227 e. The first-order valence-electron chi connectivity index (χ1n) is 9.40. The third-order valence-corrected chi connectivity index (χ3v) is 5.41. The molecule has 4 nitrogen and oxygen atoms in total. The Bertz CT molecular complexity index is 686. The second-order valence-corrected chi connectivity index (χ2v) is 7.48. The molecule has 0 bridgehead atoms. The highest BCUT2D eigenvalue weighted by Gasteiger charge is 2.37. The van der Waals surface area contributed by atoms with Crippen LogP contribution in [0, 0.1) is 29.6 Å². The number of nitrogens with one attached hydrogen (secondary N) is 1. The molecule has 0 unspecified atom stereocenters. The highest BCUT2D eigenvalue weighted by atomic mass is 16.3. The summed E-state index contributed by atoms with van der Waals surface area (Å²) >= 11 is 0. The zero-order valence-corrected chi connectivity index (χ0v) is 15.1. The van der Waals surface area contributed by atoms with Crippen LogP contribution >= 0.6 is 0 Å². The van der Waals surface area contributed by atoms with E-state index in [1.165, 1.54) is 0 Å². The Morgan fingerprint density at radius 3 is 2.62 bits per heavy atom. The summed E-state index contributed by atoms with van der Waals surface area (Å²) in [7, 11) is 0. The van der Waals surface area contributed by atoms with Gasteiger partial charge in [-0.05, 0) is 30.3 Å². The Kier molecular flexibility index (Phi) is 6.04. The van der Waals surface area contributed by atoms with E-state index >= 15 is 0 Å². The van der Waals surface area contributed by atoms with Crippen LogP contribution in [0.4, 0.5) is 0 Å². The number of amides is 1. The summed E-state index contributed by atoms with van der Waals surface area (Å²) in [6.07, 6.45) is 20.3. The summed E-state index contributed by atoms with van der Waals surface area (Å²) in [4.78, 5) is 24.1. The zero-order chi connectivity index (χ0) is 18.5. The summed E-state index contributed by atoms with van der Waals surface area (Å²) in [5.74, 6) is 0.269. The summed E-state index contributed by atoms with van der Waals surface area (Å²) in [5.41, 5.74) is 0. The number of aliphatic hydroxyl groups excluding tert-OH is 1. The fourth-order valence-electron chi connectivity index (χ4n) is 3.94. The van der Waals surface area contributed by atoms with Crippen LogP contribution in [0.5, 0.6) is 0 Å². The Morgan fingerprint density at radius 2 is 1.77 bits per heavy atom. The van der Waals surface area contributed by atoms with Gasteiger partial charge in [-0.2, -0.15) is 0 Å². The first-order chi connectivity index (χ1) is 12.5. The van der Waals surface area contributed by atoms with E-state index in [0.29, 0.717) is 13.0 Å². The number of hydrogen-bond acceptors (Lipinski definition) is 3. The molecule has 0 spiro atoms. The monoisotopic (exact) mass is 353 g/mol. The Morgan fingerprint density at radius 1 is 0.962 bits per heavy atom. The van der Waals surface area contributed by atoms with E-state index < -0.39 is 0 Å². The normalized spacial score (nSPS) is 41.3. The number of carbonyl (C=O) groups is 2. The van der Waals surface area contributed by atoms with Crippen molar-refractivity contribution in [2.45, 2.75) is 25.9 Å². The van der Waals surface area contributed by atoms with Crippen LogP contribution in [0.15, 0.2) is 60.8 Å². The molecule has 1 heterocycles. The molecule has 0 fully saturated rings. The Hall–Kier alpha value is -2.20. The fourth-order valence-corrected chi connectivity index (χ4v) is 3.94. The molecule has 3 aliphatic rings. The van der Waals surface area contributed by atoms with Crippen molar-refractivity contribution < 1.29 is 14.7 Å². The molecule has 0 aromatic rings. The average molecular weight is 353 g/mol. The van der Waals surface area contributed by atoms with E-state index in [4.69, 9.17) is 0 Å². The molecular formula is C22H27NO3. The minimum atomic E-state index is -0.380. The van der Waals surface area contributed by atoms with Gasteiger partial charge >= 0.3 is 0 Å². The lowest BCUT2D eigenvalue weighted by Crippen LogP contribution is -2.37. The molecule has 2 N–H and O–H groups in total. The number of rotatable bonds is 0. The standard InChI is InChI=1S/C22H27NO3/c1-15-5-2-3-6-16-9-11-20-19(7-4-8-21(20)25)18(16)12-10-17(24)13-22(26)23-14-15/h2-7,9-12,15-16,18-21,25H,8,13-14H2,1H3,(H,23,26)/b5-2-,6-3-,12-10-/t15-,16+,18-,19+,20-,21-/m0/s1. The van der Waals surface area contributed by atoms with E-state index in [-0.39, 0.29) is 53.8 Å². The van der Waals surface area contributed by atoms with Crippen LogP contribution < -0.4 is 5.32 Å². The van der Waals surface area contributed by atoms with Crippen molar-refractivity contribution in [1.82, 2.24) is 5.32 Å². The fraction of sp³-hybridized carbons (Fsp3) is 0.455. The van der Waals surface area contributed by atoms with Crippen LogP contribution in [0.25, 0.3) is 0 Å². The molecule has 0 radical (unpaired) electrons. The molecular weight excluding hydrogens is 326 g/mol. The molecule has 3 rings (SSSR count). The highest BCUT2D eigenvalue weighted by Crippen LogP contribution is 2.41. The molecule has 0 saturated heterocycles. The maximum atomic E-state index is 12.2. The number of hydrogen-bond donors (Lipinski definition) is 2. The van der Waals surface area contributed by atoms with Gasteiger partial charge in [-0.15, -0.1) is 0 Å². The largest absolute Gasteiger partial charge is 0.392 e. The minimum Gasteiger partial charge on any atom is -0.392 e. The first-order valence-corrected chi connectivity index (χ1v) is 9.40. The Balaban J connectivity index is 1.90. The van der Waals surface area contributed by atoms with Gasteiger partial charge < -0.3 is 10.4 Å². The summed E-state index contributed by atoms with van der Waals surface area (Å²) in [6, 6.07) is 0. The number of ketones is 1. The third-order valence-electron chi connectivity index (χ3n) is 5.41. The predicted octanol–water partition coefficient (Wildman–Crippen LogP) is 2.74. The number of aliphatic hydroxyl groups is 1. The van der Waals surface area contributed by atoms with Gasteiger partial charge in [-0.3, -0.25) is 9.59 Å². The van der Waals surface area contributed by atoms with Crippen LogP contribution in [0.2, 0.25) is 0 Å². The first kappa shape index (κ1) is 18.6. The molecule has 26 heavy (non-hydrogen) atoms. The van der Waals surface area contributed by atoms with E-state index in [2.05, 4.69) is 35.7 Å². The molecule has 1 amide bonds. The van der Waals surface area contributed by atoms with Gasteiger partial charge in [0.05, 0.1) is 12.5 Å². The highest BCUT2D eigenvalue weighted by molar-refractivity contribution is 6.03. The molecule has 0 aromatic heterocycles. The van der Waals surface area contributed by atoms with Gasteiger partial charge in [-0.1, -0.05) is 61.6 Å². The number of carbonyl (C=O) groups excluding carboxylic acids is 2. The van der Waals surface area contributed by atoms with Gasteiger partial charge in [0.15, 0.2) is 5.78 Å². The van der Waals surface area contributed by atoms with Crippen molar-refractivity contribution in [3.8, 4) is 0 Å². The molecule has 0 saturated carbocycles. The summed E-state index contributed by atoms with van der Waals surface area (Å²) in [5, 5.41) is 13.1. The topological polar surface area (TPSA) is 66.4 Å². The number of allylic oxidation sites excluding steroid dienone is 7. The van der Waals surface area contributed by atoms with E-state index in [9.17, 15) is 14.7 Å². The summed E-state index contributed by atoms with van der Waals surface area (Å²) in [6.45, 7) is 2.55. The molecule has 0 aromatic carbocycles. The molecule has 1 aliphatic heterocycles. The van der Waals surface area contributed by atoms with Crippen molar-refractivity contribution >= 4 is 11.7 Å². The van der Waals surface area contributed by atoms with Crippen LogP contribution in [-0.4, -0.2) is 29.4 Å². The van der Waals surface area contributed by atoms with Gasteiger partial charge in [0.1, 0.15) is 0 Å². The average Bonchev–Trinajstić information content (AvgIpc) is 2.62. The molecule has 2 aliphatic carbocycles. The van der Waals surface area contributed by atoms with Crippen molar-refractivity contribution in [3.63, 3.8) is 0 Å². The zero-order valence-electron chi connectivity index (χ0n) is 15.1. The second-order valence-electron chi connectivity index (χ2n) is 7.48. The van der Waals surface area contributed by atoms with Gasteiger partial charge in [0.25, 0.3) is 0 Å². The quantitative estimate of drug-likeness (QED) is 0.520. The lowest BCUT2D eigenvalue weighted by molar-refractivity contribution is -0.126. The third kappa shape index (κ3) is 4.50. The molecule has 6 atom stereocenters. The van der Waals surface area contributed by atoms with Crippen molar-refractivity contribution in [3.05, 3.63) is 60.8 Å².